The van der Waals surface area contributed by atoms with Crippen LogP contribution in [0, 0.1) is 0 Å². The summed E-state index contributed by atoms with van der Waals surface area (Å²) in [6.45, 7) is 1.37. The predicted octanol–water partition coefficient (Wildman–Crippen LogP) is 3.64. The maximum atomic E-state index is 12.0. The van der Waals surface area contributed by atoms with Crippen LogP contribution in [0.25, 0.3) is 21.8 Å². The van der Waals surface area contributed by atoms with E-state index in [1.54, 1.807) is 6.20 Å². The van der Waals surface area contributed by atoms with Crippen molar-refractivity contribution in [1.82, 2.24) is 20.6 Å². The third-order valence-electron chi connectivity index (χ3n) is 4.60. The fourth-order valence-corrected chi connectivity index (χ4v) is 3.23. The summed E-state index contributed by atoms with van der Waals surface area (Å²) >= 11 is 0. The van der Waals surface area contributed by atoms with Crippen LogP contribution >= 0.6 is 0 Å². The summed E-state index contributed by atoms with van der Waals surface area (Å²) in [5, 5.41) is 7.92. The molecular formula is C22H22N4O2. The number of pyridine rings is 1. The molecule has 3 N–H and O–H groups in total. The van der Waals surface area contributed by atoms with Gasteiger partial charge in [0.2, 0.25) is 0 Å². The Morgan fingerprint density at radius 2 is 1.86 bits per heavy atom. The van der Waals surface area contributed by atoms with Gasteiger partial charge in [-0.05, 0) is 30.2 Å². The topological polar surface area (TPSA) is 79.0 Å². The molecule has 142 valence electrons. The molecule has 2 aromatic heterocycles. The molecule has 28 heavy (non-hydrogen) atoms. The van der Waals surface area contributed by atoms with Gasteiger partial charge >= 0.3 is 6.03 Å². The van der Waals surface area contributed by atoms with Gasteiger partial charge in [0.15, 0.2) is 0 Å². The zero-order valence-corrected chi connectivity index (χ0v) is 15.4. The number of rotatable bonds is 7. The first-order chi connectivity index (χ1) is 13.8. The van der Waals surface area contributed by atoms with Gasteiger partial charge in [-0.1, -0.05) is 36.4 Å². The normalized spacial score (nSPS) is 10.9. The molecule has 4 rings (SSSR count). The summed E-state index contributed by atoms with van der Waals surface area (Å²) in [4.78, 5) is 19.6. The van der Waals surface area contributed by atoms with Gasteiger partial charge in [-0.2, -0.15) is 0 Å². The van der Waals surface area contributed by atoms with Crippen molar-refractivity contribution in [2.24, 2.45) is 0 Å². The van der Waals surface area contributed by atoms with Crippen LogP contribution in [-0.4, -0.2) is 35.7 Å². The molecule has 0 saturated carbocycles. The number of fused-ring (bicyclic) bond motifs is 2. The van der Waals surface area contributed by atoms with Crippen LogP contribution in [0.1, 0.15) is 5.56 Å². The minimum Gasteiger partial charge on any atom is -0.489 e. The Morgan fingerprint density at radius 3 is 2.82 bits per heavy atom. The summed E-state index contributed by atoms with van der Waals surface area (Å²) in [7, 11) is 0. The molecule has 0 aliphatic rings. The van der Waals surface area contributed by atoms with E-state index < -0.39 is 0 Å². The number of ether oxygens (including phenoxy) is 1. The van der Waals surface area contributed by atoms with Crippen LogP contribution < -0.4 is 15.4 Å². The maximum Gasteiger partial charge on any atom is 0.314 e. The molecule has 2 heterocycles. The van der Waals surface area contributed by atoms with Gasteiger partial charge in [0.25, 0.3) is 0 Å². The quantitative estimate of drug-likeness (QED) is 0.432. The van der Waals surface area contributed by atoms with E-state index in [4.69, 9.17) is 4.74 Å². The van der Waals surface area contributed by atoms with E-state index in [1.807, 2.05) is 54.7 Å². The van der Waals surface area contributed by atoms with Crippen molar-refractivity contribution in [3.63, 3.8) is 0 Å². The molecule has 6 heteroatoms. The Kier molecular flexibility index (Phi) is 5.38. The number of aromatic amines is 1. The number of urea groups is 1. The van der Waals surface area contributed by atoms with E-state index in [0.717, 1.165) is 28.6 Å². The largest absolute Gasteiger partial charge is 0.489 e. The van der Waals surface area contributed by atoms with Gasteiger partial charge in [-0.3, -0.25) is 4.98 Å². The van der Waals surface area contributed by atoms with Crippen LogP contribution in [-0.2, 0) is 6.42 Å². The zero-order chi connectivity index (χ0) is 19.2. The Morgan fingerprint density at radius 1 is 1.00 bits per heavy atom. The highest BCUT2D eigenvalue weighted by molar-refractivity contribution is 5.84. The molecular weight excluding hydrogens is 352 g/mol. The first kappa shape index (κ1) is 17.9. The lowest BCUT2D eigenvalue weighted by Gasteiger charge is -2.10. The van der Waals surface area contributed by atoms with E-state index in [1.165, 1.54) is 10.9 Å². The second-order valence-electron chi connectivity index (χ2n) is 6.47. The third-order valence-corrected chi connectivity index (χ3v) is 4.60. The second kappa shape index (κ2) is 8.43. The number of aromatic nitrogens is 2. The van der Waals surface area contributed by atoms with E-state index >= 15 is 0 Å². The van der Waals surface area contributed by atoms with Gasteiger partial charge in [-0.15, -0.1) is 0 Å². The smallest absolute Gasteiger partial charge is 0.314 e. The molecule has 0 unspecified atom stereocenters. The van der Waals surface area contributed by atoms with Crippen molar-refractivity contribution in [2.45, 2.75) is 6.42 Å². The number of carbonyl (C=O) groups excluding carboxylic acids is 1. The molecule has 0 aliphatic carbocycles. The third kappa shape index (κ3) is 4.06. The Hall–Kier alpha value is -3.54. The number of nitrogens with one attached hydrogen (secondary N) is 3. The number of para-hydroxylation sites is 2. The molecule has 2 aromatic carbocycles. The van der Waals surface area contributed by atoms with Gasteiger partial charge < -0.3 is 20.4 Å². The fourth-order valence-electron chi connectivity index (χ4n) is 3.23. The number of hydrogen-bond donors (Lipinski definition) is 3. The highest BCUT2D eigenvalue weighted by atomic mass is 16.5. The van der Waals surface area contributed by atoms with Crippen LogP contribution in [0.5, 0.6) is 5.75 Å². The summed E-state index contributed by atoms with van der Waals surface area (Å²) in [5.41, 5.74) is 3.14. The van der Waals surface area contributed by atoms with Crippen molar-refractivity contribution in [1.29, 1.82) is 0 Å². The molecule has 4 aromatic rings. The Bertz CT molecular complexity index is 1080. The average molecular weight is 374 g/mol. The molecule has 0 aliphatic heterocycles. The van der Waals surface area contributed by atoms with E-state index in [9.17, 15) is 4.79 Å². The lowest BCUT2D eigenvalue weighted by Crippen LogP contribution is -2.38. The highest BCUT2D eigenvalue weighted by Gasteiger charge is 2.05. The van der Waals surface area contributed by atoms with Gasteiger partial charge in [0.05, 0.1) is 6.54 Å². The van der Waals surface area contributed by atoms with Gasteiger partial charge in [-0.25, -0.2) is 4.79 Å². The zero-order valence-electron chi connectivity index (χ0n) is 15.4. The van der Waals surface area contributed by atoms with Crippen molar-refractivity contribution in [3.8, 4) is 5.75 Å². The molecule has 0 bridgehead atoms. The summed E-state index contributed by atoms with van der Waals surface area (Å²) in [5.74, 6) is 0.722. The molecule has 0 radical (unpaired) electrons. The monoisotopic (exact) mass is 374 g/mol. The molecule has 2 amide bonds. The SMILES string of the molecule is O=C(NCCOc1cccc2cccnc12)NCCc1c[nH]c2ccccc12. The van der Waals surface area contributed by atoms with Crippen LogP contribution in [0.4, 0.5) is 4.79 Å². The Balaban J connectivity index is 1.20. The van der Waals surface area contributed by atoms with Crippen LogP contribution in [0.2, 0.25) is 0 Å². The van der Waals surface area contributed by atoms with Gasteiger partial charge in [0.1, 0.15) is 17.9 Å². The van der Waals surface area contributed by atoms with Crippen molar-refractivity contribution in [3.05, 3.63) is 72.6 Å². The van der Waals surface area contributed by atoms with Crippen molar-refractivity contribution >= 4 is 27.8 Å². The highest BCUT2D eigenvalue weighted by Crippen LogP contribution is 2.22. The number of H-pyrrole nitrogens is 1. The van der Waals surface area contributed by atoms with Gasteiger partial charge in [0, 0.05) is 35.2 Å². The minimum absolute atomic E-state index is 0.195. The number of hydrogen-bond acceptors (Lipinski definition) is 3. The first-order valence-corrected chi connectivity index (χ1v) is 9.34. The maximum absolute atomic E-state index is 12.0. The van der Waals surface area contributed by atoms with Crippen molar-refractivity contribution in [2.75, 3.05) is 19.7 Å². The van der Waals surface area contributed by atoms with Crippen LogP contribution in [0.15, 0.2) is 67.0 Å². The number of amides is 2. The standard InChI is InChI=1S/C22H22N4O2/c27-22(24-12-10-17-15-26-19-8-2-1-7-18(17)19)25-13-14-28-20-9-3-5-16-6-4-11-23-21(16)20/h1-9,11,15,26H,10,12-14H2,(H2,24,25,27). The number of nitrogens with zero attached hydrogens (tertiary/aromatic N) is 1. The molecule has 0 spiro atoms. The average Bonchev–Trinajstić information content (AvgIpc) is 3.14. The lowest BCUT2D eigenvalue weighted by atomic mass is 10.1. The fraction of sp³-hybridized carbons (Fsp3) is 0.182. The van der Waals surface area contributed by atoms with Crippen molar-refractivity contribution < 1.29 is 9.53 Å². The summed E-state index contributed by atoms with van der Waals surface area (Å²) in [6, 6.07) is 17.7. The number of carbonyl (C=O) groups is 1. The molecule has 0 saturated heterocycles. The molecule has 0 atom stereocenters. The number of benzene rings is 2. The molecule has 6 nitrogen and oxygen atoms in total. The van der Waals surface area contributed by atoms with E-state index in [0.29, 0.717) is 19.7 Å². The lowest BCUT2D eigenvalue weighted by molar-refractivity contribution is 0.237. The van der Waals surface area contributed by atoms with Crippen LogP contribution in [0.3, 0.4) is 0 Å². The summed E-state index contributed by atoms with van der Waals surface area (Å²) in [6.07, 6.45) is 4.51. The predicted molar refractivity (Wildman–Crippen MR) is 111 cm³/mol. The second-order valence-corrected chi connectivity index (χ2v) is 6.47. The van der Waals surface area contributed by atoms with E-state index in [-0.39, 0.29) is 6.03 Å². The minimum atomic E-state index is -0.195. The summed E-state index contributed by atoms with van der Waals surface area (Å²) < 4.78 is 5.77. The molecule has 0 fully saturated rings. The Labute approximate surface area is 162 Å². The van der Waals surface area contributed by atoms with E-state index in [2.05, 4.69) is 26.7 Å². The first-order valence-electron chi connectivity index (χ1n) is 9.34.